The minimum atomic E-state index is -1.18. The maximum Gasteiger partial charge on any atom is 0.325 e. The Balaban J connectivity index is 4.90. The number of unbranched alkanes of at least 4 members (excludes halogenated alkanes) is 2. The fourth-order valence-electron chi connectivity index (χ4n) is 2.43. The number of hydrogen-bond donors (Lipinski definition) is 4. The highest BCUT2D eigenvalue weighted by Gasteiger charge is 2.25. The number of nitrogens with two attached hydrogens (primary N) is 1. The van der Waals surface area contributed by atoms with Crippen molar-refractivity contribution in [2.45, 2.75) is 65.0 Å². The minimum Gasteiger partial charge on any atom is -0.465 e. The standard InChI is InChI=1S/C20H36N4O8S/c1-4-7-8-11-24(30)20(29)33-13-15(18(27)22-12-17(26)31-5-2)23-16(25)10-9-14(21)19(28)32-6-3/h14-15,30H,4-13,21H2,1-3H3,(H,22,27)(H,23,25). The summed E-state index contributed by atoms with van der Waals surface area (Å²) >= 11 is 0.648. The molecule has 0 bridgehead atoms. The Hall–Kier alpha value is -2.38. The van der Waals surface area contributed by atoms with Crippen LogP contribution in [0.2, 0.25) is 0 Å². The molecule has 5 N–H and O–H groups in total. The molecule has 0 aliphatic rings. The molecule has 13 heteroatoms. The molecule has 3 amide bonds. The van der Waals surface area contributed by atoms with Crippen LogP contribution in [0.15, 0.2) is 0 Å². The van der Waals surface area contributed by atoms with Gasteiger partial charge in [0.2, 0.25) is 11.8 Å². The lowest BCUT2D eigenvalue weighted by atomic mass is 10.1. The molecule has 0 rings (SSSR count). The highest BCUT2D eigenvalue weighted by atomic mass is 32.2. The first kappa shape index (κ1) is 30.6. The molecule has 0 saturated heterocycles. The lowest BCUT2D eigenvalue weighted by Gasteiger charge is -2.20. The van der Waals surface area contributed by atoms with Gasteiger partial charge in [0.05, 0.1) is 13.2 Å². The van der Waals surface area contributed by atoms with Crippen LogP contribution in [0.4, 0.5) is 4.79 Å². The zero-order chi connectivity index (χ0) is 25.2. The van der Waals surface area contributed by atoms with Gasteiger partial charge in [0.1, 0.15) is 18.6 Å². The van der Waals surface area contributed by atoms with Gasteiger partial charge in [-0.3, -0.25) is 29.2 Å². The number of hydroxylamine groups is 2. The van der Waals surface area contributed by atoms with Crippen molar-refractivity contribution in [2.75, 3.05) is 32.1 Å². The van der Waals surface area contributed by atoms with E-state index in [1.807, 2.05) is 6.92 Å². The molecule has 33 heavy (non-hydrogen) atoms. The molecule has 0 aliphatic heterocycles. The van der Waals surface area contributed by atoms with E-state index in [0.29, 0.717) is 23.2 Å². The van der Waals surface area contributed by atoms with Crippen molar-refractivity contribution in [3.8, 4) is 0 Å². The zero-order valence-electron chi connectivity index (χ0n) is 19.5. The summed E-state index contributed by atoms with van der Waals surface area (Å²) in [5, 5.41) is 14.5. The van der Waals surface area contributed by atoms with E-state index >= 15 is 0 Å². The predicted molar refractivity (Wildman–Crippen MR) is 121 cm³/mol. The summed E-state index contributed by atoms with van der Waals surface area (Å²) in [6.07, 6.45) is 2.22. The lowest BCUT2D eigenvalue weighted by Crippen LogP contribution is -2.50. The van der Waals surface area contributed by atoms with Gasteiger partial charge >= 0.3 is 17.2 Å². The third-order valence-electron chi connectivity index (χ3n) is 4.19. The topological polar surface area (TPSA) is 177 Å². The van der Waals surface area contributed by atoms with Crippen LogP contribution in [0.25, 0.3) is 0 Å². The van der Waals surface area contributed by atoms with Crippen molar-refractivity contribution in [1.82, 2.24) is 15.7 Å². The van der Waals surface area contributed by atoms with Gasteiger partial charge in [0.25, 0.3) is 0 Å². The number of rotatable bonds is 16. The SMILES string of the molecule is CCCCCN(O)C(=O)SCC(NC(=O)CCC(N)C(=O)OCC)C(=O)NCC(=O)OCC. The fourth-order valence-corrected chi connectivity index (χ4v) is 3.21. The van der Waals surface area contributed by atoms with E-state index in [0.717, 1.165) is 12.8 Å². The summed E-state index contributed by atoms with van der Waals surface area (Å²) in [5.74, 6) is -2.77. The number of esters is 2. The van der Waals surface area contributed by atoms with Gasteiger partial charge < -0.3 is 25.8 Å². The molecule has 0 spiro atoms. The summed E-state index contributed by atoms with van der Waals surface area (Å²) in [6, 6.07) is -2.17. The van der Waals surface area contributed by atoms with Gasteiger partial charge in [0, 0.05) is 18.7 Å². The summed E-state index contributed by atoms with van der Waals surface area (Å²) < 4.78 is 9.52. The summed E-state index contributed by atoms with van der Waals surface area (Å²) in [6.45, 7) is 5.28. The molecule has 0 aliphatic carbocycles. The molecular weight excluding hydrogens is 456 g/mol. The van der Waals surface area contributed by atoms with Gasteiger partial charge in [-0.15, -0.1) is 0 Å². The number of thioether (sulfide) groups is 1. The second-order valence-electron chi connectivity index (χ2n) is 6.95. The van der Waals surface area contributed by atoms with Crippen molar-refractivity contribution in [3.05, 3.63) is 0 Å². The number of nitrogens with one attached hydrogen (secondary N) is 2. The van der Waals surface area contributed by atoms with Crippen LogP contribution in [0.3, 0.4) is 0 Å². The number of hydrogen-bond acceptors (Lipinski definition) is 10. The number of ether oxygens (including phenoxy) is 2. The molecule has 190 valence electrons. The summed E-state index contributed by atoms with van der Waals surface area (Å²) in [5.41, 5.74) is 5.67. The number of nitrogens with zero attached hydrogens (tertiary/aromatic N) is 1. The maximum atomic E-state index is 12.5. The molecule has 0 aromatic heterocycles. The van der Waals surface area contributed by atoms with Crippen LogP contribution in [0.1, 0.15) is 52.9 Å². The predicted octanol–water partition coefficient (Wildman–Crippen LogP) is 0.556. The third-order valence-corrected chi connectivity index (χ3v) is 5.15. The van der Waals surface area contributed by atoms with E-state index in [1.54, 1.807) is 13.8 Å². The lowest BCUT2D eigenvalue weighted by molar-refractivity contribution is -0.145. The second-order valence-corrected chi connectivity index (χ2v) is 7.92. The van der Waals surface area contributed by atoms with Gasteiger partial charge in [-0.2, -0.15) is 0 Å². The Morgan fingerprint density at radius 1 is 1.06 bits per heavy atom. The Morgan fingerprint density at radius 2 is 1.73 bits per heavy atom. The largest absolute Gasteiger partial charge is 0.465 e. The molecule has 0 aromatic rings. The molecule has 12 nitrogen and oxygen atoms in total. The number of amides is 3. The molecular formula is C20H36N4O8S. The Kier molecular flexibility index (Phi) is 16.8. The van der Waals surface area contributed by atoms with E-state index in [-0.39, 0.29) is 38.4 Å². The van der Waals surface area contributed by atoms with Crippen molar-refractivity contribution >= 4 is 40.8 Å². The van der Waals surface area contributed by atoms with Crippen LogP contribution < -0.4 is 16.4 Å². The molecule has 0 heterocycles. The first-order valence-corrected chi connectivity index (χ1v) is 11.9. The normalized spacial score (nSPS) is 12.3. The van der Waals surface area contributed by atoms with Crippen LogP contribution in [-0.4, -0.2) is 83.4 Å². The van der Waals surface area contributed by atoms with Crippen molar-refractivity contribution < 1.29 is 38.7 Å². The Morgan fingerprint density at radius 3 is 2.33 bits per heavy atom. The highest BCUT2D eigenvalue weighted by molar-refractivity contribution is 8.13. The molecule has 0 fully saturated rings. The Labute approximate surface area is 198 Å². The second kappa shape index (κ2) is 18.1. The van der Waals surface area contributed by atoms with Gasteiger partial charge in [-0.25, -0.2) is 5.06 Å². The minimum absolute atomic E-state index is 0.00421. The number of carbonyl (C=O) groups excluding carboxylic acids is 5. The molecule has 2 atom stereocenters. The quantitative estimate of drug-likeness (QED) is 0.103. The highest BCUT2D eigenvalue weighted by Crippen LogP contribution is 2.11. The number of carbonyl (C=O) groups is 5. The monoisotopic (exact) mass is 492 g/mol. The van der Waals surface area contributed by atoms with Crippen LogP contribution >= 0.6 is 11.8 Å². The van der Waals surface area contributed by atoms with Crippen LogP contribution in [0, 0.1) is 0 Å². The zero-order valence-corrected chi connectivity index (χ0v) is 20.3. The first-order valence-electron chi connectivity index (χ1n) is 10.9. The van der Waals surface area contributed by atoms with E-state index in [9.17, 15) is 29.2 Å². The van der Waals surface area contributed by atoms with Crippen LogP contribution in [-0.2, 0) is 28.7 Å². The average molecular weight is 493 g/mol. The van der Waals surface area contributed by atoms with E-state index in [4.69, 9.17) is 15.2 Å². The summed E-state index contributed by atoms with van der Waals surface area (Å²) in [4.78, 5) is 59.9. The molecule has 0 saturated carbocycles. The van der Waals surface area contributed by atoms with Gasteiger partial charge in [-0.1, -0.05) is 31.5 Å². The van der Waals surface area contributed by atoms with Gasteiger partial charge in [0.15, 0.2) is 0 Å². The first-order chi connectivity index (χ1) is 15.7. The smallest absolute Gasteiger partial charge is 0.325 e. The molecule has 0 aromatic carbocycles. The molecule has 0 radical (unpaired) electrons. The molecule has 2 unspecified atom stereocenters. The Bertz CT molecular complexity index is 650. The van der Waals surface area contributed by atoms with Crippen molar-refractivity contribution in [1.29, 1.82) is 0 Å². The maximum absolute atomic E-state index is 12.5. The average Bonchev–Trinajstić information content (AvgIpc) is 2.78. The fraction of sp³-hybridized carbons (Fsp3) is 0.750. The van der Waals surface area contributed by atoms with Crippen molar-refractivity contribution in [3.63, 3.8) is 0 Å². The van der Waals surface area contributed by atoms with E-state index < -0.39 is 47.6 Å². The van der Waals surface area contributed by atoms with E-state index in [2.05, 4.69) is 10.6 Å². The van der Waals surface area contributed by atoms with Crippen molar-refractivity contribution in [2.24, 2.45) is 5.73 Å². The van der Waals surface area contributed by atoms with Gasteiger partial charge in [-0.05, 0) is 26.7 Å². The van der Waals surface area contributed by atoms with E-state index in [1.165, 1.54) is 0 Å². The van der Waals surface area contributed by atoms with Crippen LogP contribution in [0.5, 0.6) is 0 Å². The summed E-state index contributed by atoms with van der Waals surface area (Å²) in [7, 11) is 0. The third kappa shape index (κ3) is 14.4.